The van der Waals surface area contributed by atoms with Crippen LogP contribution in [0.3, 0.4) is 0 Å². The molecule has 0 spiro atoms. The number of hydrogen-bond acceptors (Lipinski definition) is 4. The number of aryl methyl sites for hydroxylation is 1. The van der Waals surface area contributed by atoms with Gasteiger partial charge in [-0.25, -0.2) is 8.42 Å². The molecule has 11 heteroatoms. The molecule has 0 bridgehead atoms. The van der Waals surface area contributed by atoms with Gasteiger partial charge in [-0.3, -0.25) is 13.9 Å². The zero-order valence-corrected chi connectivity index (χ0v) is 23.4. The summed E-state index contributed by atoms with van der Waals surface area (Å²) in [5.74, 6) is -0.912. The normalized spacial score (nSPS) is 13.1. The number of rotatable bonds is 10. The fraction of sp³-hybridized carbons (Fsp3) is 0.417. The fourth-order valence-corrected chi connectivity index (χ4v) is 4.71. The second kappa shape index (κ2) is 12.3. The Morgan fingerprint density at radius 3 is 2.26 bits per heavy atom. The van der Waals surface area contributed by atoms with Gasteiger partial charge in [0.15, 0.2) is 0 Å². The molecule has 0 aliphatic rings. The predicted octanol–water partition coefficient (Wildman–Crippen LogP) is 5.05. The van der Waals surface area contributed by atoms with Gasteiger partial charge in [-0.05, 0) is 62.6 Å². The molecule has 0 heterocycles. The lowest BCUT2D eigenvalue weighted by atomic mass is 10.1. The molecule has 0 saturated heterocycles. The van der Waals surface area contributed by atoms with Crippen molar-refractivity contribution in [2.45, 2.75) is 52.7 Å². The zero-order valence-electron chi connectivity index (χ0n) is 20.3. The van der Waals surface area contributed by atoms with Crippen LogP contribution >= 0.6 is 34.8 Å². The standard InChI is InChI=1S/C24H30Cl3N3O4S/c1-6-16(3)28-24(32)17(4)29(13-18-8-10-20(26)21(27)11-18)23(31)14-30(35(5,33)34)22-12-19(25)9-7-15(22)2/h7-12,16-17H,6,13-14H2,1-5H3,(H,28,32)/t16-,17+/m1/s1. The van der Waals surface area contributed by atoms with Gasteiger partial charge in [0, 0.05) is 17.6 Å². The number of sulfonamides is 1. The van der Waals surface area contributed by atoms with Crippen molar-refractivity contribution < 1.29 is 18.0 Å². The molecule has 0 aliphatic carbocycles. The third-order valence-electron chi connectivity index (χ3n) is 5.62. The van der Waals surface area contributed by atoms with Crippen LogP contribution in [0.4, 0.5) is 5.69 Å². The molecule has 2 aromatic carbocycles. The van der Waals surface area contributed by atoms with Crippen LogP contribution in [-0.2, 0) is 26.2 Å². The molecule has 2 rings (SSSR count). The summed E-state index contributed by atoms with van der Waals surface area (Å²) in [6.45, 7) is 6.64. The molecule has 0 unspecified atom stereocenters. The molecule has 2 amide bonds. The Kier molecular flexibility index (Phi) is 10.3. The van der Waals surface area contributed by atoms with E-state index >= 15 is 0 Å². The van der Waals surface area contributed by atoms with Gasteiger partial charge >= 0.3 is 0 Å². The van der Waals surface area contributed by atoms with Crippen LogP contribution in [0.2, 0.25) is 15.1 Å². The van der Waals surface area contributed by atoms with Gasteiger partial charge in [0.05, 0.1) is 22.0 Å². The molecule has 192 valence electrons. The molecule has 0 saturated carbocycles. The summed E-state index contributed by atoms with van der Waals surface area (Å²) in [5, 5.41) is 3.87. The Hall–Kier alpha value is -2.00. The van der Waals surface area contributed by atoms with Crippen molar-refractivity contribution in [3.05, 3.63) is 62.6 Å². The van der Waals surface area contributed by atoms with Crippen LogP contribution in [0.15, 0.2) is 36.4 Å². The van der Waals surface area contributed by atoms with E-state index in [-0.39, 0.29) is 18.5 Å². The lowest BCUT2D eigenvalue weighted by molar-refractivity contribution is -0.139. The Morgan fingerprint density at radius 2 is 1.69 bits per heavy atom. The van der Waals surface area contributed by atoms with Gasteiger partial charge in [-0.15, -0.1) is 0 Å². The molecule has 0 radical (unpaired) electrons. The van der Waals surface area contributed by atoms with Crippen LogP contribution in [-0.4, -0.2) is 50.0 Å². The monoisotopic (exact) mass is 561 g/mol. The molecular formula is C24H30Cl3N3O4S. The van der Waals surface area contributed by atoms with E-state index in [1.807, 2.05) is 13.8 Å². The molecule has 0 aromatic heterocycles. The van der Waals surface area contributed by atoms with Crippen molar-refractivity contribution in [2.75, 3.05) is 17.1 Å². The van der Waals surface area contributed by atoms with Crippen LogP contribution in [0, 0.1) is 6.92 Å². The number of benzene rings is 2. The van der Waals surface area contributed by atoms with Crippen molar-refractivity contribution in [1.29, 1.82) is 0 Å². The number of halogens is 3. The number of nitrogens with one attached hydrogen (secondary N) is 1. The van der Waals surface area contributed by atoms with E-state index in [2.05, 4.69) is 5.32 Å². The average Bonchev–Trinajstić information content (AvgIpc) is 2.78. The molecular weight excluding hydrogens is 533 g/mol. The fourth-order valence-electron chi connectivity index (χ4n) is 3.33. The van der Waals surface area contributed by atoms with Crippen LogP contribution in [0.5, 0.6) is 0 Å². The number of nitrogens with zero attached hydrogens (tertiary/aromatic N) is 2. The van der Waals surface area contributed by atoms with Crippen molar-refractivity contribution in [3.8, 4) is 0 Å². The number of carbonyl (C=O) groups is 2. The predicted molar refractivity (Wildman–Crippen MR) is 143 cm³/mol. The van der Waals surface area contributed by atoms with Crippen molar-refractivity contribution in [3.63, 3.8) is 0 Å². The minimum absolute atomic E-state index is 0.0247. The highest BCUT2D eigenvalue weighted by Gasteiger charge is 2.31. The number of amides is 2. The number of carbonyl (C=O) groups excluding carboxylic acids is 2. The molecule has 7 nitrogen and oxygen atoms in total. The quantitative estimate of drug-likeness (QED) is 0.439. The van der Waals surface area contributed by atoms with Crippen molar-refractivity contribution in [1.82, 2.24) is 10.2 Å². The minimum Gasteiger partial charge on any atom is -0.352 e. The SMILES string of the molecule is CC[C@@H](C)NC(=O)[C@H](C)N(Cc1ccc(Cl)c(Cl)c1)C(=O)CN(c1cc(Cl)ccc1C)S(C)(=O)=O. The van der Waals surface area contributed by atoms with E-state index in [0.717, 1.165) is 17.0 Å². The Balaban J connectivity index is 2.45. The van der Waals surface area contributed by atoms with E-state index in [1.165, 1.54) is 11.0 Å². The first-order valence-electron chi connectivity index (χ1n) is 11.0. The van der Waals surface area contributed by atoms with E-state index in [0.29, 0.717) is 31.9 Å². The number of hydrogen-bond donors (Lipinski definition) is 1. The maximum Gasteiger partial charge on any atom is 0.244 e. The van der Waals surface area contributed by atoms with E-state index in [9.17, 15) is 18.0 Å². The molecule has 0 fully saturated rings. The van der Waals surface area contributed by atoms with E-state index in [4.69, 9.17) is 34.8 Å². The number of anilines is 1. The highest BCUT2D eigenvalue weighted by atomic mass is 35.5. The lowest BCUT2D eigenvalue weighted by Gasteiger charge is -2.32. The van der Waals surface area contributed by atoms with Crippen LogP contribution in [0.1, 0.15) is 38.3 Å². The molecule has 2 atom stereocenters. The highest BCUT2D eigenvalue weighted by molar-refractivity contribution is 7.92. The first-order valence-corrected chi connectivity index (χ1v) is 14.0. The van der Waals surface area contributed by atoms with Gasteiger partial charge in [0.1, 0.15) is 12.6 Å². The first kappa shape index (κ1) is 29.2. The zero-order chi connectivity index (χ0) is 26.5. The van der Waals surface area contributed by atoms with Gasteiger partial charge in [0.2, 0.25) is 21.8 Å². The first-order chi connectivity index (χ1) is 16.2. The van der Waals surface area contributed by atoms with Crippen molar-refractivity contribution in [2.24, 2.45) is 0 Å². The maximum absolute atomic E-state index is 13.6. The summed E-state index contributed by atoms with van der Waals surface area (Å²) < 4.78 is 26.4. The van der Waals surface area contributed by atoms with Crippen molar-refractivity contribution >= 4 is 62.3 Å². The van der Waals surface area contributed by atoms with E-state index < -0.39 is 28.5 Å². The maximum atomic E-state index is 13.6. The Labute approximate surface area is 222 Å². The van der Waals surface area contributed by atoms with E-state index in [1.54, 1.807) is 44.2 Å². The third kappa shape index (κ3) is 8.00. The summed E-state index contributed by atoms with van der Waals surface area (Å²) in [4.78, 5) is 27.8. The van der Waals surface area contributed by atoms with Gasteiger partial charge < -0.3 is 10.2 Å². The summed E-state index contributed by atoms with van der Waals surface area (Å²) >= 11 is 18.3. The minimum atomic E-state index is -3.85. The third-order valence-corrected chi connectivity index (χ3v) is 7.72. The molecule has 1 N–H and O–H groups in total. The average molecular weight is 563 g/mol. The Bertz CT molecular complexity index is 1190. The summed E-state index contributed by atoms with van der Waals surface area (Å²) in [6, 6.07) is 8.75. The molecule has 0 aliphatic heterocycles. The molecule has 2 aromatic rings. The summed E-state index contributed by atoms with van der Waals surface area (Å²) in [6.07, 6.45) is 1.73. The lowest BCUT2D eigenvalue weighted by Crippen LogP contribution is -2.52. The topological polar surface area (TPSA) is 86.8 Å². The van der Waals surface area contributed by atoms with Gasteiger partial charge in [-0.1, -0.05) is 53.9 Å². The highest BCUT2D eigenvalue weighted by Crippen LogP contribution is 2.27. The smallest absolute Gasteiger partial charge is 0.244 e. The Morgan fingerprint density at radius 1 is 1.03 bits per heavy atom. The second-order valence-electron chi connectivity index (χ2n) is 8.46. The van der Waals surface area contributed by atoms with Crippen LogP contribution < -0.4 is 9.62 Å². The second-order valence-corrected chi connectivity index (χ2v) is 11.6. The summed E-state index contributed by atoms with van der Waals surface area (Å²) in [7, 11) is -3.85. The van der Waals surface area contributed by atoms with Gasteiger partial charge in [0.25, 0.3) is 0 Å². The van der Waals surface area contributed by atoms with Crippen LogP contribution in [0.25, 0.3) is 0 Å². The largest absolute Gasteiger partial charge is 0.352 e. The molecule has 35 heavy (non-hydrogen) atoms. The van der Waals surface area contributed by atoms with Gasteiger partial charge in [-0.2, -0.15) is 0 Å². The summed E-state index contributed by atoms with van der Waals surface area (Å²) in [5.41, 5.74) is 1.56.